The molecule has 0 spiro atoms. The van der Waals surface area contributed by atoms with Crippen LogP contribution in [0.4, 0.5) is 0 Å². The van der Waals surface area contributed by atoms with E-state index in [1.165, 1.54) is 17.5 Å². The molecule has 1 aromatic rings. The third-order valence-corrected chi connectivity index (χ3v) is 3.71. The van der Waals surface area contributed by atoms with E-state index < -0.39 is 0 Å². The first-order valence-corrected chi connectivity index (χ1v) is 6.29. The molecule has 0 aromatic heterocycles. The molecule has 1 fully saturated rings. The van der Waals surface area contributed by atoms with Gasteiger partial charge in [-0.1, -0.05) is 18.5 Å². The van der Waals surface area contributed by atoms with Crippen molar-refractivity contribution in [3.8, 4) is 5.75 Å². The van der Waals surface area contributed by atoms with E-state index in [1.54, 1.807) is 0 Å². The lowest BCUT2D eigenvalue weighted by atomic mass is 10.1. The van der Waals surface area contributed by atoms with E-state index in [0.29, 0.717) is 6.04 Å². The van der Waals surface area contributed by atoms with E-state index in [-0.39, 0.29) is 0 Å². The average molecular weight is 238 g/mol. The highest BCUT2D eigenvalue weighted by Crippen LogP contribution is 2.34. The molecule has 1 aromatic carbocycles. The standard InChI is InChI=1S/C13H16ClNO/c1-8-4-12(8)15-7-10-6-11(14)5-9-2-3-16-13(9)10/h5-6,8,12,15H,2-4,7H2,1H3. The number of rotatable bonds is 3. The molecule has 3 rings (SSSR count). The van der Waals surface area contributed by atoms with Crippen LogP contribution in [0.15, 0.2) is 12.1 Å². The van der Waals surface area contributed by atoms with Crippen LogP contribution in [0.2, 0.25) is 5.02 Å². The maximum atomic E-state index is 6.10. The molecule has 0 amide bonds. The van der Waals surface area contributed by atoms with E-state index in [1.807, 2.05) is 12.1 Å². The molecule has 1 heterocycles. The van der Waals surface area contributed by atoms with Crippen LogP contribution >= 0.6 is 11.6 Å². The Balaban J connectivity index is 1.77. The zero-order valence-electron chi connectivity index (χ0n) is 9.42. The Hall–Kier alpha value is -0.730. The number of hydrogen-bond acceptors (Lipinski definition) is 2. The van der Waals surface area contributed by atoms with Gasteiger partial charge in [0.1, 0.15) is 5.75 Å². The maximum Gasteiger partial charge on any atom is 0.127 e. The second-order valence-corrected chi connectivity index (χ2v) is 5.29. The minimum absolute atomic E-state index is 0.691. The fraction of sp³-hybridized carbons (Fsp3) is 0.538. The van der Waals surface area contributed by atoms with Crippen molar-refractivity contribution in [2.75, 3.05) is 6.61 Å². The van der Waals surface area contributed by atoms with Crippen LogP contribution in [0.25, 0.3) is 0 Å². The van der Waals surface area contributed by atoms with Crippen molar-refractivity contribution in [2.24, 2.45) is 5.92 Å². The smallest absolute Gasteiger partial charge is 0.127 e. The van der Waals surface area contributed by atoms with Crippen molar-refractivity contribution in [2.45, 2.75) is 32.4 Å². The fourth-order valence-corrected chi connectivity index (χ4v) is 2.59. The Morgan fingerprint density at radius 1 is 1.50 bits per heavy atom. The van der Waals surface area contributed by atoms with Gasteiger partial charge in [-0.25, -0.2) is 0 Å². The quantitative estimate of drug-likeness (QED) is 0.873. The van der Waals surface area contributed by atoms with Gasteiger partial charge in [0.2, 0.25) is 0 Å². The molecule has 86 valence electrons. The highest BCUT2D eigenvalue weighted by atomic mass is 35.5. The minimum Gasteiger partial charge on any atom is -0.493 e. The predicted molar refractivity (Wildman–Crippen MR) is 65.1 cm³/mol. The second kappa shape index (κ2) is 3.94. The fourth-order valence-electron chi connectivity index (χ4n) is 2.32. The summed E-state index contributed by atoms with van der Waals surface area (Å²) in [6.07, 6.45) is 2.28. The van der Waals surface area contributed by atoms with E-state index in [0.717, 1.165) is 36.3 Å². The van der Waals surface area contributed by atoms with Gasteiger partial charge in [0.25, 0.3) is 0 Å². The Kier molecular flexibility index (Phi) is 2.56. The largest absolute Gasteiger partial charge is 0.493 e. The number of benzene rings is 1. The van der Waals surface area contributed by atoms with Gasteiger partial charge < -0.3 is 10.1 Å². The van der Waals surface area contributed by atoms with Crippen LogP contribution in [0, 0.1) is 5.92 Å². The zero-order chi connectivity index (χ0) is 11.1. The summed E-state index contributed by atoms with van der Waals surface area (Å²) >= 11 is 6.10. The molecule has 1 aliphatic carbocycles. The number of halogens is 1. The summed E-state index contributed by atoms with van der Waals surface area (Å²) in [5.74, 6) is 1.89. The summed E-state index contributed by atoms with van der Waals surface area (Å²) < 4.78 is 5.67. The number of nitrogens with one attached hydrogen (secondary N) is 1. The lowest BCUT2D eigenvalue weighted by molar-refractivity contribution is 0.352. The lowest BCUT2D eigenvalue weighted by Gasteiger charge is -2.09. The Labute approximate surface area is 101 Å². The number of ether oxygens (including phenoxy) is 1. The molecule has 16 heavy (non-hydrogen) atoms. The van der Waals surface area contributed by atoms with Crippen LogP contribution in [-0.2, 0) is 13.0 Å². The van der Waals surface area contributed by atoms with Crippen molar-refractivity contribution in [3.63, 3.8) is 0 Å². The normalized spacial score (nSPS) is 26.4. The molecular formula is C13H16ClNO. The van der Waals surface area contributed by atoms with Gasteiger partial charge in [-0.3, -0.25) is 0 Å². The SMILES string of the molecule is CC1CC1NCc1cc(Cl)cc2c1OCC2. The van der Waals surface area contributed by atoms with Crippen LogP contribution in [0.5, 0.6) is 5.75 Å². The molecule has 2 aliphatic rings. The Bertz CT molecular complexity index is 419. The molecule has 0 saturated heterocycles. The van der Waals surface area contributed by atoms with Crippen molar-refractivity contribution >= 4 is 11.6 Å². The van der Waals surface area contributed by atoms with Crippen molar-refractivity contribution in [1.29, 1.82) is 0 Å². The highest BCUT2D eigenvalue weighted by molar-refractivity contribution is 6.30. The molecule has 0 radical (unpaired) electrons. The zero-order valence-corrected chi connectivity index (χ0v) is 10.2. The van der Waals surface area contributed by atoms with Crippen LogP contribution in [0.3, 0.4) is 0 Å². The third kappa shape index (κ3) is 1.92. The summed E-state index contributed by atoms with van der Waals surface area (Å²) in [5.41, 5.74) is 2.47. The third-order valence-electron chi connectivity index (χ3n) is 3.49. The van der Waals surface area contributed by atoms with Gasteiger partial charge in [0.15, 0.2) is 0 Å². The summed E-state index contributed by atoms with van der Waals surface area (Å²) in [4.78, 5) is 0. The summed E-state index contributed by atoms with van der Waals surface area (Å²) in [7, 11) is 0. The average Bonchev–Trinajstić information content (AvgIpc) is 2.76. The Morgan fingerprint density at radius 2 is 2.31 bits per heavy atom. The van der Waals surface area contributed by atoms with Crippen LogP contribution in [-0.4, -0.2) is 12.6 Å². The van der Waals surface area contributed by atoms with Gasteiger partial charge >= 0.3 is 0 Å². The van der Waals surface area contributed by atoms with Crippen molar-refractivity contribution < 1.29 is 4.74 Å². The predicted octanol–water partition coefficient (Wildman–Crippen LogP) is 2.77. The summed E-state index contributed by atoms with van der Waals surface area (Å²) in [5, 5.41) is 4.36. The maximum absolute atomic E-state index is 6.10. The monoisotopic (exact) mass is 237 g/mol. The number of fused-ring (bicyclic) bond motifs is 1. The van der Waals surface area contributed by atoms with Crippen LogP contribution in [0.1, 0.15) is 24.5 Å². The van der Waals surface area contributed by atoms with Gasteiger partial charge in [-0.2, -0.15) is 0 Å². The molecule has 2 unspecified atom stereocenters. The first kappa shape index (κ1) is 10.4. The summed E-state index contributed by atoms with van der Waals surface area (Å²) in [6.45, 7) is 3.94. The molecular weight excluding hydrogens is 222 g/mol. The minimum atomic E-state index is 0.691. The molecule has 2 nitrogen and oxygen atoms in total. The molecule has 1 aliphatic heterocycles. The highest BCUT2D eigenvalue weighted by Gasteiger charge is 2.32. The van der Waals surface area contributed by atoms with Crippen molar-refractivity contribution in [1.82, 2.24) is 5.32 Å². The van der Waals surface area contributed by atoms with Gasteiger partial charge in [-0.05, 0) is 30.0 Å². The van der Waals surface area contributed by atoms with Gasteiger partial charge in [-0.15, -0.1) is 0 Å². The van der Waals surface area contributed by atoms with E-state index >= 15 is 0 Å². The van der Waals surface area contributed by atoms with Crippen molar-refractivity contribution in [3.05, 3.63) is 28.3 Å². The molecule has 0 bridgehead atoms. The molecule has 3 heteroatoms. The first-order valence-electron chi connectivity index (χ1n) is 5.91. The first-order chi connectivity index (χ1) is 7.74. The topological polar surface area (TPSA) is 21.3 Å². The van der Waals surface area contributed by atoms with E-state index in [2.05, 4.69) is 12.2 Å². The Morgan fingerprint density at radius 3 is 3.06 bits per heavy atom. The molecule has 1 saturated carbocycles. The van der Waals surface area contributed by atoms with E-state index in [4.69, 9.17) is 16.3 Å². The van der Waals surface area contributed by atoms with E-state index in [9.17, 15) is 0 Å². The van der Waals surface area contributed by atoms with Crippen LogP contribution < -0.4 is 10.1 Å². The second-order valence-electron chi connectivity index (χ2n) is 4.85. The number of hydrogen-bond donors (Lipinski definition) is 1. The molecule has 1 N–H and O–H groups in total. The lowest BCUT2D eigenvalue weighted by Crippen LogP contribution is -2.17. The molecule has 2 atom stereocenters. The summed E-state index contributed by atoms with van der Waals surface area (Å²) in [6, 6.07) is 4.73. The van der Waals surface area contributed by atoms with Gasteiger partial charge in [0.05, 0.1) is 6.61 Å². The van der Waals surface area contributed by atoms with Gasteiger partial charge in [0, 0.05) is 29.6 Å².